The number of rotatable bonds is 5. The second-order valence-electron chi connectivity index (χ2n) is 4.23. The second kappa shape index (κ2) is 4.21. The van der Waals surface area contributed by atoms with Gasteiger partial charge in [-0.05, 0) is 12.8 Å². The van der Waals surface area contributed by atoms with Gasteiger partial charge in [-0.2, -0.15) is 0 Å². The van der Waals surface area contributed by atoms with Crippen LogP contribution in [-0.4, -0.2) is 46.4 Å². The van der Waals surface area contributed by atoms with E-state index in [4.69, 9.17) is 5.11 Å². The Morgan fingerprint density at radius 3 is 2.38 bits per heavy atom. The predicted octanol–water partition coefficient (Wildman–Crippen LogP) is -0.659. The van der Waals surface area contributed by atoms with Gasteiger partial charge in [0.25, 0.3) is 0 Å². The summed E-state index contributed by atoms with van der Waals surface area (Å²) in [5.74, 6) is -1.55. The van der Waals surface area contributed by atoms with E-state index < -0.39 is 12.0 Å². The number of carboxylic acid groups (broad SMARTS) is 1. The third kappa shape index (κ3) is 2.38. The molecular formula is C10H14N2O4. The fourth-order valence-electron chi connectivity index (χ4n) is 1.75. The lowest BCUT2D eigenvalue weighted by molar-refractivity contribution is -0.143. The van der Waals surface area contributed by atoms with Crippen LogP contribution in [0.25, 0.3) is 0 Å². The van der Waals surface area contributed by atoms with E-state index >= 15 is 0 Å². The SMILES string of the molecule is O=C(O)C(CN1C(=O)CCC1=O)NC1CC1. The molecule has 2 fully saturated rings. The number of imide groups is 1. The molecule has 1 saturated carbocycles. The van der Waals surface area contributed by atoms with Crippen LogP contribution in [-0.2, 0) is 14.4 Å². The van der Waals surface area contributed by atoms with Gasteiger partial charge in [0.2, 0.25) is 11.8 Å². The number of nitrogens with zero attached hydrogens (tertiary/aromatic N) is 1. The molecule has 0 aromatic carbocycles. The van der Waals surface area contributed by atoms with Crippen LogP contribution >= 0.6 is 0 Å². The van der Waals surface area contributed by atoms with Crippen molar-refractivity contribution in [2.75, 3.05) is 6.54 Å². The topological polar surface area (TPSA) is 86.7 Å². The average Bonchev–Trinajstić information content (AvgIpc) is 2.98. The summed E-state index contributed by atoms with van der Waals surface area (Å²) in [6, 6.07) is -0.604. The first-order chi connectivity index (χ1) is 7.58. The molecule has 6 heteroatoms. The molecule has 1 aliphatic carbocycles. The molecule has 2 N–H and O–H groups in total. The molecule has 16 heavy (non-hydrogen) atoms. The van der Waals surface area contributed by atoms with Crippen molar-refractivity contribution in [2.45, 2.75) is 37.8 Å². The van der Waals surface area contributed by atoms with Gasteiger partial charge in [-0.3, -0.25) is 19.3 Å². The first-order valence-corrected chi connectivity index (χ1v) is 5.40. The standard InChI is InChI=1S/C10H14N2O4/c13-8-3-4-9(14)12(8)5-7(10(15)16)11-6-1-2-6/h6-7,11H,1-5H2,(H,15,16). The van der Waals surface area contributed by atoms with Crippen molar-refractivity contribution in [3.63, 3.8) is 0 Å². The fourth-order valence-corrected chi connectivity index (χ4v) is 1.75. The molecule has 0 radical (unpaired) electrons. The highest BCUT2D eigenvalue weighted by Gasteiger charge is 2.35. The quantitative estimate of drug-likeness (QED) is 0.608. The first-order valence-electron chi connectivity index (χ1n) is 5.40. The molecule has 2 rings (SSSR count). The largest absolute Gasteiger partial charge is 0.480 e. The van der Waals surface area contributed by atoms with E-state index in [1.54, 1.807) is 0 Å². The molecule has 1 atom stereocenters. The van der Waals surface area contributed by atoms with E-state index in [1.165, 1.54) is 0 Å². The van der Waals surface area contributed by atoms with E-state index in [0.717, 1.165) is 17.7 Å². The van der Waals surface area contributed by atoms with Crippen molar-refractivity contribution in [1.82, 2.24) is 10.2 Å². The van der Waals surface area contributed by atoms with Crippen LogP contribution in [0.2, 0.25) is 0 Å². The molecule has 1 saturated heterocycles. The second-order valence-corrected chi connectivity index (χ2v) is 4.23. The monoisotopic (exact) mass is 226 g/mol. The van der Waals surface area contributed by atoms with Gasteiger partial charge in [-0.1, -0.05) is 0 Å². The average molecular weight is 226 g/mol. The van der Waals surface area contributed by atoms with Crippen molar-refractivity contribution in [3.8, 4) is 0 Å². The van der Waals surface area contributed by atoms with E-state index in [0.29, 0.717) is 0 Å². The number of carbonyl (C=O) groups excluding carboxylic acids is 2. The Labute approximate surface area is 92.6 Å². The van der Waals surface area contributed by atoms with Crippen LogP contribution in [0.1, 0.15) is 25.7 Å². The van der Waals surface area contributed by atoms with Crippen LogP contribution in [0.5, 0.6) is 0 Å². The molecular weight excluding hydrogens is 212 g/mol. The molecule has 6 nitrogen and oxygen atoms in total. The Hall–Kier alpha value is -1.43. The number of hydrogen-bond acceptors (Lipinski definition) is 4. The summed E-state index contributed by atoms with van der Waals surface area (Å²) in [4.78, 5) is 34.7. The van der Waals surface area contributed by atoms with Gasteiger partial charge in [-0.15, -0.1) is 0 Å². The van der Waals surface area contributed by atoms with Crippen LogP contribution in [0.4, 0.5) is 0 Å². The normalized spacial score (nSPS) is 22.6. The lowest BCUT2D eigenvalue weighted by atomic mass is 10.2. The fraction of sp³-hybridized carbons (Fsp3) is 0.700. The van der Waals surface area contributed by atoms with Crippen molar-refractivity contribution in [1.29, 1.82) is 0 Å². The summed E-state index contributed by atoms with van der Waals surface area (Å²) in [7, 11) is 0. The molecule has 1 heterocycles. The maximum Gasteiger partial charge on any atom is 0.322 e. The molecule has 1 aliphatic heterocycles. The molecule has 0 aromatic rings. The Bertz CT molecular complexity index is 322. The minimum Gasteiger partial charge on any atom is -0.480 e. The Balaban J connectivity index is 1.95. The van der Waals surface area contributed by atoms with Gasteiger partial charge in [0.05, 0.1) is 6.54 Å². The molecule has 0 bridgehead atoms. The number of aliphatic carboxylic acids is 1. The van der Waals surface area contributed by atoms with E-state index in [2.05, 4.69) is 5.32 Å². The van der Waals surface area contributed by atoms with Gasteiger partial charge in [0.1, 0.15) is 6.04 Å². The maximum atomic E-state index is 11.3. The van der Waals surface area contributed by atoms with E-state index in [9.17, 15) is 14.4 Å². The highest BCUT2D eigenvalue weighted by atomic mass is 16.4. The summed E-state index contributed by atoms with van der Waals surface area (Å²) in [5, 5.41) is 11.9. The highest BCUT2D eigenvalue weighted by molar-refractivity contribution is 6.02. The van der Waals surface area contributed by atoms with Crippen molar-refractivity contribution >= 4 is 17.8 Å². The summed E-state index contributed by atoms with van der Waals surface area (Å²) in [6.45, 7) is -0.0521. The summed E-state index contributed by atoms with van der Waals surface area (Å²) >= 11 is 0. The first kappa shape index (κ1) is 11.1. The van der Waals surface area contributed by atoms with E-state index in [1.807, 2.05) is 0 Å². The summed E-state index contributed by atoms with van der Waals surface area (Å²) < 4.78 is 0. The number of hydrogen-bond donors (Lipinski definition) is 2. The van der Waals surface area contributed by atoms with Gasteiger partial charge < -0.3 is 10.4 Å². The zero-order chi connectivity index (χ0) is 11.7. The predicted molar refractivity (Wildman–Crippen MR) is 53.5 cm³/mol. The zero-order valence-electron chi connectivity index (χ0n) is 8.81. The summed E-state index contributed by atoms with van der Waals surface area (Å²) in [6.07, 6.45) is 2.33. The molecule has 1 unspecified atom stereocenters. The third-order valence-corrected chi connectivity index (χ3v) is 2.83. The van der Waals surface area contributed by atoms with Crippen molar-refractivity contribution in [2.24, 2.45) is 0 Å². The van der Waals surface area contributed by atoms with Gasteiger partial charge in [0.15, 0.2) is 0 Å². The van der Waals surface area contributed by atoms with Gasteiger partial charge >= 0.3 is 5.97 Å². The Kier molecular flexibility index (Phi) is 2.91. The van der Waals surface area contributed by atoms with Crippen LogP contribution in [0.15, 0.2) is 0 Å². The zero-order valence-corrected chi connectivity index (χ0v) is 8.81. The van der Waals surface area contributed by atoms with Crippen LogP contribution in [0.3, 0.4) is 0 Å². The number of amides is 2. The highest BCUT2D eigenvalue weighted by Crippen LogP contribution is 2.20. The minimum absolute atomic E-state index is 0.0521. The van der Waals surface area contributed by atoms with E-state index in [-0.39, 0.29) is 37.2 Å². The maximum absolute atomic E-state index is 11.3. The van der Waals surface area contributed by atoms with Crippen LogP contribution in [0, 0.1) is 0 Å². The van der Waals surface area contributed by atoms with Gasteiger partial charge in [-0.25, -0.2) is 0 Å². The third-order valence-electron chi connectivity index (χ3n) is 2.83. The Morgan fingerprint density at radius 1 is 1.38 bits per heavy atom. The molecule has 2 aliphatic rings. The molecule has 88 valence electrons. The molecule has 0 aromatic heterocycles. The smallest absolute Gasteiger partial charge is 0.322 e. The minimum atomic E-state index is -1.01. The number of carbonyl (C=O) groups is 3. The van der Waals surface area contributed by atoms with Crippen molar-refractivity contribution in [3.05, 3.63) is 0 Å². The lowest BCUT2D eigenvalue weighted by Crippen LogP contribution is -2.48. The number of likely N-dealkylation sites (tertiary alicyclic amines) is 1. The lowest BCUT2D eigenvalue weighted by Gasteiger charge is -2.20. The molecule has 0 spiro atoms. The van der Waals surface area contributed by atoms with Gasteiger partial charge in [0, 0.05) is 18.9 Å². The molecule has 2 amide bonds. The number of nitrogens with one attached hydrogen (secondary N) is 1. The van der Waals surface area contributed by atoms with Crippen LogP contribution < -0.4 is 5.32 Å². The summed E-state index contributed by atoms with van der Waals surface area (Å²) in [5.41, 5.74) is 0. The van der Waals surface area contributed by atoms with Crippen molar-refractivity contribution < 1.29 is 19.5 Å². The number of carboxylic acids is 1. The Morgan fingerprint density at radius 2 is 1.94 bits per heavy atom.